The summed E-state index contributed by atoms with van der Waals surface area (Å²) in [5.41, 5.74) is 0.514. The molecule has 1 aliphatic heterocycles. The van der Waals surface area contributed by atoms with Crippen LogP contribution in [0.15, 0.2) is 59.5 Å². The van der Waals surface area contributed by atoms with Crippen molar-refractivity contribution in [2.75, 3.05) is 19.8 Å². The number of rotatable bonds is 12. The number of amides is 1. The highest BCUT2D eigenvalue weighted by molar-refractivity contribution is 7.92. The molecule has 1 amide bonds. The van der Waals surface area contributed by atoms with Crippen LogP contribution in [-0.4, -0.2) is 67.9 Å². The molecule has 3 rings (SSSR count). The number of nitrogens with zero attached hydrogens (tertiary/aromatic N) is 1. The van der Waals surface area contributed by atoms with E-state index in [1.165, 1.54) is 0 Å². The van der Waals surface area contributed by atoms with Crippen molar-refractivity contribution in [1.29, 1.82) is 0 Å². The molecule has 0 saturated carbocycles. The van der Waals surface area contributed by atoms with Crippen molar-refractivity contribution in [3.05, 3.63) is 70.3 Å². The molecule has 202 valence electrons. The van der Waals surface area contributed by atoms with Gasteiger partial charge in [0.1, 0.15) is 17.6 Å². The smallest absolute Gasteiger partial charge is 0.407 e. The van der Waals surface area contributed by atoms with Gasteiger partial charge in [-0.1, -0.05) is 44.2 Å². The van der Waals surface area contributed by atoms with E-state index in [2.05, 4.69) is 10.6 Å². The van der Waals surface area contributed by atoms with E-state index in [0.29, 0.717) is 13.0 Å². The lowest BCUT2D eigenvalue weighted by Gasteiger charge is -2.31. The monoisotopic (exact) mass is 535 g/mol. The molecule has 1 aliphatic rings. The fraction of sp³-hybridized carbons (Fsp3) is 0.480. The van der Waals surface area contributed by atoms with Gasteiger partial charge in [-0.05, 0) is 36.6 Å². The molecule has 0 aromatic heterocycles. The number of carbonyl (C=O) groups is 1. The van der Waals surface area contributed by atoms with E-state index in [9.17, 15) is 28.4 Å². The van der Waals surface area contributed by atoms with E-state index < -0.39 is 44.5 Å². The van der Waals surface area contributed by atoms with Crippen LogP contribution in [0.25, 0.3) is 0 Å². The molecule has 4 atom stereocenters. The maximum absolute atomic E-state index is 13.6. The third-order valence-electron chi connectivity index (χ3n) is 5.92. The topological polar surface area (TPSA) is 157 Å². The lowest BCUT2D eigenvalue weighted by Crippen LogP contribution is -2.57. The van der Waals surface area contributed by atoms with E-state index in [1.807, 2.05) is 19.9 Å². The van der Waals surface area contributed by atoms with Gasteiger partial charge in [0.05, 0.1) is 29.1 Å². The van der Waals surface area contributed by atoms with Crippen LogP contribution < -0.4 is 10.6 Å². The first-order chi connectivity index (χ1) is 17.6. The molecule has 11 nitrogen and oxygen atoms in total. The Balaban J connectivity index is 1.91. The fourth-order valence-corrected chi connectivity index (χ4v) is 5.63. The number of hydrogen-bond acceptors (Lipinski definition) is 9. The third-order valence-corrected chi connectivity index (χ3v) is 7.97. The fourth-order valence-electron chi connectivity index (χ4n) is 3.95. The number of sulfone groups is 1. The zero-order valence-electron chi connectivity index (χ0n) is 20.8. The number of alkyl carbamates (subject to hydrolysis) is 1. The Bertz CT molecular complexity index is 1140. The minimum absolute atomic E-state index is 0.0506. The molecule has 1 saturated heterocycles. The highest BCUT2D eigenvalue weighted by Gasteiger charge is 2.39. The van der Waals surface area contributed by atoms with Crippen molar-refractivity contribution in [3.63, 3.8) is 0 Å². The predicted molar refractivity (Wildman–Crippen MR) is 136 cm³/mol. The molecule has 1 heterocycles. The van der Waals surface area contributed by atoms with Crippen LogP contribution in [0.3, 0.4) is 0 Å². The second-order valence-electron chi connectivity index (χ2n) is 9.34. The van der Waals surface area contributed by atoms with Gasteiger partial charge in [0.25, 0.3) is 5.69 Å². The summed E-state index contributed by atoms with van der Waals surface area (Å²) < 4.78 is 37.9. The number of benzene rings is 2. The zero-order valence-corrected chi connectivity index (χ0v) is 21.6. The lowest BCUT2D eigenvalue weighted by atomic mass is 10.0. The summed E-state index contributed by atoms with van der Waals surface area (Å²) in [5, 5.41) is 26.5. The van der Waals surface area contributed by atoms with Gasteiger partial charge < -0.3 is 19.9 Å². The SMILES string of the molecule is CC(C)CNC([C@@H](O)[C@H](Cc1ccccc1)NC(=O)O[C@H]1CCOC1)S(=O)(=O)c1ccc([N+](=O)[O-])cc1. The van der Waals surface area contributed by atoms with Crippen LogP contribution in [0.5, 0.6) is 0 Å². The first kappa shape index (κ1) is 28.5. The zero-order chi connectivity index (χ0) is 27.0. The number of aliphatic hydroxyl groups is 1. The van der Waals surface area contributed by atoms with Crippen molar-refractivity contribution >= 4 is 21.6 Å². The Morgan fingerprint density at radius 1 is 1.19 bits per heavy atom. The molecule has 1 unspecified atom stereocenters. The summed E-state index contributed by atoms with van der Waals surface area (Å²) in [5.74, 6) is 0.0506. The van der Waals surface area contributed by atoms with Gasteiger partial charge in [0.2, 0.25) is 0 Å². The maximum atomic E-state index is 13.6. The average Bonchev–Trinajstić information content (AvgIpc) is 3.37. The second kappa shape index (κ2) is 13.0. The van der Waals surface area contributed by atoms with Crippen LogP contribution in [0.4, 0.5) is 10.5 Å². The number of ether oxygens (including phenoxy) is 2. The largest absolute Gasteiger partial charge is 0.444 e. The average molecular weight is 536 g/mol. The van der Waals surface area contributed by atoms with Gasteiger partial charge in [0, 0.05) is 18.6 Å². The standard InChI is InChI=1S/C25H33N3O8S/c1-17(2)15-26-24(37(33,34)21-10-8-19(9-11-21)28(31)32)23(29)22(14-18-6-4-3-5-7-18)27-25(30)36-20-12-13-35-16-20/h3-11,17,20,22-24,26,29H,12-16H2,1-2H3,(H,27,30)/t20-,22-,23-,24?/m0/s1. The first-order valence-electron chi connectivity index (χ1n) is 12.1. The third kappa shape index (κ3) is 7.96. The Morgan fingerprint density at radius 2 is 1.86 bits per heavy atom. The molecule has 3 N–H and O–H groups in total. The number of nitrogens with one attached hydrogen (secondary N) is 2. The molecule has 0 aliphatic carbocycles. The molecular weight excluding hydrogens is 502 g/mol. The predicted octanol–water partition coefficient (Wildman–Crippen LogP) is 2.43. The summed E-state index contributed by atoms with van der Waals surface area (Å²) in [6, 6.07) is 12.5. The van der Waals surface area contributed by atoms with E-state index >= 15 is 0 Å². The Morgan fingerprint density at radius 3 is 2.43 bits per heavy atom. The van der Waals surface area contributed by atoms with Gasteiger partial charge in [-0.15, -0.1) is 0 Å². The lowest BCUT2D eigenvalue weighted by molar-refractivity contribution is -0.384. The summed E-state index contributed by atoms with van der Waals surface area (Å²) >= 11 is 0. The van der Waals surface area contributed by atoms with Gasteiger partial charge in [-0.3, -0.25) is 15.4 Å². The highest BCUT2D eigenvalue weighted by Crippen LogP contribution is 2.23. The molecule has 0 bridgehead atoms. The summed E-state index contributed by atoms with van der Waals surface area (Å²) in [6.45, 7) is 4.77. The molecule has 1 fully saturated rings. The van der Waals surface area contributed by atoms with Gasteiger partial charge in [0.15, 0.2) is 9.84 Å². The van der Waals surface area contributed by atoms with Crippen molar-refractivity contribution in [1.82, 2.24) is 10.6 Å². The number of carbonyl (C=O) groups excluding carboxylic acids is 1. The molecular formula is C25H33N3O8S. The first-order valence-corrected chi connectivity index (χ1v) is 13.6. The summed E-state index contributed by atoms with van der Waals surface area (Å²) in [4.78, 5) is 22.9. The minimum Gasteiger partial charge on any atom is -0.444 e. The molecule has 12 heteroatoms. The van der Waals surface area contributed by atoms with Crippen molar-refractivity contribution in [2.24, 2.45) is 5.92 Å². The van der Waals surface area contributed by atoms with Crippen LogP contribution in [0.1, 0.15) is 25.8 Å². The van der Waals surface area contributed by atoms with Crippen LogP contribution in [0, 0.1) is 16.0 Å². The van der Waals surface area contributed by atoms with E-state index in [0.717, 1.165) is 29.8 Å². The highest BCUT2D eigenvalue weighted by atomic mass is 32.2. The maximum Gasteiger partial charge on any atom is 0.407 e. The normalized spacial score (nSPS) is 18.2. The minimum atomic E-state index is -4.23. The molecule has 2 aromatic carbocycles. The Kier molecular flexibility index (Phi) is 9.98. The van der Waals surface area contributed by atoms with Crippen molar-refractivity contribution < 1.29 is 32.7 Å². The summed E-state index contributed by atoms with van der Waals surface area (Å²) in [7, 11) is -4.23. The quantitative estimate of drug-likeness (QED) is 0.274. The van der Waals surface area contributed by atoms with E-state index in [1.54, 1.807) is 24.3 Å². The van der Waals surface area contributed by atoms with Crippen molar-refractivity contribution in [3.8, 4) is 0 Å². The van der Waals surface area contributed by atoms with Crippen LogP contribution in [-0.2, 0) is 25.7 Å². The number of nitro benzene ring substituents is 1. The van der Waals surface area contributed by atoms with E-state index in [4.69, 9.17) is 9.47 Å². The van der Waals surface area contributed by atoms with Crippen LogP contribution >= 0.6 is 0 Å². The second-order valence-corrected chi connectivity index (χ2v) is 11.4. The number of non-ortho nitro benzene ring substituents is 1. The molecule has 2 aromatic rings. The Labute approximate surface area is 216 Å². The Hall–Kier alpha value is -3.06. The van der Waals surface area contributed by atoms with Crippen molar-refractivity contribution in [2.45, 2.75) is 55.2 Å². The molecule has 37 heavy (non-hydrogen) atoms. The van der Waals surface area contributed by atoms with Gasteiger partial charge in [-0.2, -0.15) is 0 Å². The van der Waals surface area contributed by atoms with Crippen LogP contribution in [0.2, 0.25) is 0 Å². The van der Waals surface area contributed by atoms with Gasteiger partial charge in [-0.25, -0.2) is 13.2 Å². The number of hydrogen-bond donors (Lipinski definition) is 3. The molecule has 0 radical (unpaired) electrons. The summed E-state index contributed by atoms with van der Waals surface area (Å²) in [6.07, 6.45) is -2.12. The number of aliphatic hydroxyl groups excluding tert-OH is 1. The van der Waals surface area contributed by atoms with E-state index in [-0.39, 0.29) is 36.1 Å². The van der Waals surface area contributed by atoms with Gasteiger partial charge >= 0.3 is 6.09 Å². The molecule has 0 spiro atoms. The number of nitro groups is 1.